The van der Waals surface area contributed by atoms with Crippen molar-refractivity contribution in [1.29, 1.82) is 0 Å². The number of cyclic esters (lactones) is 1. The molecule has 2 amide bonds. The van der Waals surface area contributed by atoms with Gasteiger partial charge in [0.2, 0.25) is 11.8 Å². The summed E-state index contributed by atoms with van der Waals surface area (Å²) >= 11 is 0. The summed E-state index contributed by atoms with van der Waals surface area (Å²) in [5.74, 6) is -1.89. The van der Waals surface area contributed by atoms with Crippen molar-refractivity contribution in [1.82, 2.24) is 5.32 Å². The molecular weight excluding hydrogens is 510 g/mol. The molecule has 2 aliphatic rings. The van der Waals surface area contributed by atoms with Gasteiger partial charge in [0.1, 0.15) is 18.0 Å². The molecule has 0 aromatic heterocycles. The first-order valence-corrected chi connectivity index (χ1v) is 14.8. The molecular formula is C32H53NO7. The average molecular weight is 564 g/mol. The van der Waals surface area contributed by atoms with Crippen LogP contribution in [0.25, 0.3) is 0 Å². The lowest BCUT2D eigenvalue weighted by molar-refractivity contribution is -0.147. The first-order chi connectivity index (χ1) is 19.0. The molecule has 2 N–H and O–H groups in total. The molecule has 0 aliphatic carbocycles. The number of amides is 2. The Morgan fingerprint density at radius 3 is 2.30 bits per heavy atom. The van der Waals surface area contributed by atoms with Crippen LogP contribution in [0.4, 0.5) is 0 Å². The van der Waals surface area contributed by atoms with E-state index in [0.29, 0.717) is 44.1 Å². The molecule has 8 nitrogen and oxygen atoms in total. The van der Waals surface area contributed by atoms with Crippen molar-refractivity contribution in [3.63, 3.8) is 0 Å². The van der Waals surface area contributed by atoms with Gasteiger partial charge in [0.25, 0.3) is 0 Å². The molecule has 0 aromatic rings. The van der Waals surface area contributed by atoms with Crippen LogP contribution in [0.5, 0.6) is 0 Å². The van der Waals surface area contributed by atoms with E-state index in [2.05, 4.69) is 19.2 Å². The maximum atomic E-state index is 12.8. The highest BCUT2D eigenvalue weighted by Crippen LogP contribution is 2.26. The Labute approximate surface area is 241 Å². The Bertz CT molecular complexity index is 860. The van der Waals surface area contributed by atoms with Crippen LogP contribution in [0.1, 0.15) is 99.8 Å². The van der Waals surface area contributed by atoms with Crippen molar-refractivity contribution in [2.45, 2.75) is 118 Å². The smallest absolute Gasteiger partial charge is 0.331 e. The first kappa shape index (κ1) is 37.4. The molecule has 228 valence electrons. The van der Waals surface area contributed by atoms with E-state index in [1.807, 2.05) is 26.0 Å². The number of hydrogen-bond donors (Lipinski definition) is 2. The molecule has 0 bridgehead atoms. The molecule has 0 aromatic carbocycles. The SMILES string of the molecule is CC.CCC.COC1/C=C/CC/C=C/C(=O)OC(/C(C)=C/C(C)C(=O)CCCC2CC(=O)NC(=O)C2)C(C)C1O. The van der Waals surface area contributed by atoms with Crippen LogP contribution >= 0.6 is 0 Å². The van der Waals surface area contributed by atoms with E-state index in [0.717, 1.165) is 6.42 Å². The number of carbonyl (C=O) groups is 4. The second kappa shape index (κ2) is 21.2. The number of ketones is 1. The highest BCUT2D eigenvalue weighted by Gasteiger charge is 2.33. The maximum absolute atomic E-state index is 12.8. The highest BCUT2D eigenvalue weighted by molar-refractivity contribution is 5.97. The number of hydrogen-bond acceptors (Lipinski definition) is 7. The summed E-state index contributed by atoms with van der Waals surface area (Å²) in [5, 5.41) is 13.2. The van der Waals surface area contributed by atoms with Gasteiger partial charge < -0.3 is 14.6 Å². The molecule has 5 atom stereocenters. The normalized spacial score (nSPS) is 26.7. The van der Waals surface area contributed by atoms with Crippen LogP contribution in [-0.2, 0) is 28.7 Å². The van der Waals surface area contributed by atoms with Gasteiger partial charge in [-0.25, -0.2) is 4.79 Å². The van der Waals surface area contributed by atoms with Crippen molar-refractivity contribution < 1.29 is 33.8 Å². The fourth-order valence-corrected chi connectivity index (χ4v) is 4.62. The summed E-state index contributed by atoms with van der Waals surface area (Å²) in [7, 11) is 1.52. The molecule has 2 rings (SSSR count). The predicted octanol–water partition coefficient (Wildman–Crippen LogP) is 5.63. The lowest BCUT2D eigenvalue weighted by Crippen LogP contribution is -2.41. The van der Waals surface area contributed by atoms with E-state index in [4.69, 9.17) is 9.47 Å². The number of imide groups is 1. The number of carbonyl (C=O) groups excluding carboxylic acids is 4. The zero-order valence-corrected chi connectivity index (χ0v) is 25.9. The third-order valence-corrected chi connectivity index (χ3v) is 6.68. The molecule has 1 saturated heterocycles. The largest absolute Gasteiger partial charge is 0.454 e. The Balaban J connectivity index is 0.00000284. The number of aliphatic hydroxyl groups is 1. The topological polar surface area (TPSA) is 119 Å². The number of aliphatic hydroxyl groups excluding tert-OH is 1. The molecule has 0 radical (unpaired) electrons. The lowest BCUT2D eigenvalue weighted by Gasteiger charge is -2.31. The average Bonchev–Trinajstić information content (AvgIpc) is 2.91. The van der Waals surface area contributed by atoms with E-state index < -0.39 is 36.1 Å². The monoisotopic (exact) mass is 563 g/mol. The minimum Gasteiger partial charge on any atom is -0.454 e. The summed E-state index contributed by atoms with van der Waals surface area (Å²) in [6.45, 7) is 13.6. The van der Waals surface area contributed by atoms with E-state index >= 15 is 0 Å². The molecule has 2 aliphatic heterocycles. The molecule has 2 heterocycles. The molecule has 40 heavy (non-hydrogen) atoms. The third kappa shape index (κ3) is 14.2. The predicted molar refractivity (Wildman–Crippen MR) is 158 cm³/mol. The molecule has 5 unspecified atom stereocenters. The molecule has 1 fully saturated rings. The van der Waals surface area contributed by atoms with Crippen LogP contribution in [-0.4, -0.2) is 54.1 Å². The van der Waals surface area contributed by atoms with Gasteiger partial charge in [0.05, 0.1) is 6.10 Å². The van der Waals surface area contributed by atoms with Gasteiger partial charge in [-0.2, -0.15) is 0 Å². The Kier molecular flexibility index (Phi) is 19.8. The summed E-state index contributed by atoms with van der Waals surface area (Å²) in [4.78, 5) is 48.2. The highest BCUT2D eigenvalue weighted by atomic mass is 16.5. The number of nitrogens with one attached hydrogen (secondary N) is 1. The van der Waals surface area contributed by atoms with Crippen molar-refractivity contribution in [2.75, 3.05) is 7.11 Å². The summed E-state index contributed by atoms with van der Waals surface area (Å²) in [6.07, 6.45) is 11.3. The van der Waals surface area contributed by atoms with Gasteiger partial charge in [0, 0.05) is 44.3 Å². The van der Waals surface area contributed by atoms with Gasteiger partial charge in [-0.15, -0.1) is 0 Å². The third-order valence-electron chi connectivity index (χ3n) is 6.68. The van der Waals surface area contributed by atoms with Gasteiger partial charge >= 0.3 is 5.97 Å². The van der Waals surface area contributed by atoms with E-state index in [9.17, 15) is 24.3 Å². The Morgan fingerprint density at radius 2 is 1.73 bits per heavy atom. The van der Waals surface area contributed by atoms with Crippen LogP contribution in [0.15, 0.2) is 36.0 Å². The Morgan fingerprint density at radius 1 is 1.15 bits per heavy atom. The fraction of sp³-hybridized carbons (Fsp3) is 0.688. The van der Waals surface area contributed by atoms with Crippen LogP contribution in [0.2, 0.25) is 0 Å². The number of allylic oxidation sites excluding steroid dienone is 3. The van der Waals surface area contributed by atoms with Gasteiger partial charge in [-0.3, -0.25) is 19.7 Å². The maximum Gasteiger partial charge on any atom is 0.331 e. The minimum atomic E-state index is -0.915. The molecule has 8 heteroatoms. The molecule has 0 spiro atoms. The second-order valence-corrected chi connectivity index (χ2v) is 10.3. The number of methoxy groups -OCH3 is 1. The van der Waals surface area contributed by atoms with Crippen molar-refractivity contribution in [3.05, 3.63) is 36.0 Å². The summed E-state index contributed by atoms with van der Waals surface area (Å²) < 4.78 is 11.2. The number of esters is 1. The Hall–Kier alpha value is -2.58. The number of piperidine rings is 1. The van der Waals surface area contributed by atoms with Crippen LogP contribution in [0, 0.1) is 17.8 Å². The van der Waals surface area contributed by atoms with Crippen molar-refractivity contribution in [3.8, 4) is 0 Å². The summed E-state index contributed by atoms with van der Waals surface area (Å²) in [5.41, 5.74) is 0.685. The van der Waals surface area contributed by atoms with Crippen molar-refractivity contribution in [2.24, 2.45) is 17.8 Å². The first-order valence-electron chi connectivity index (χ1n) is 14.8. The van der Waals surface area contributed by atoms with Crippen LogP contribution < -0.4 is 5.32 Å². The number of ether oxygens (including phenoxy) is 2. The van der Waals surface area contributed by atoms with Gasteiger partial charge in [-0.1, -0.05) is 72.3 Å². The van der Waals surface area contributed by atoms with Crippen LogP contribution in [0.3, 0.4) is 0 Å². The standard InChI is InChI=1S/C27H39NO7.C3H8.C2H6/c1-17(21(29)11-9-10-20-15-23(30)28-24(31)16-20)14-18(2)27-19(3)26(33)22(34-4)12-7-5-6-8-13-25(32)35-27;1-3-2;1-2/h7-8,12-14,17,19-20,22,26-27,33H,5-6,9-11,15-16H2,1-4H3,(H,28,30,31);3H2,1-2H3;1-2H3/b12-7+,13-8+,18-14+;;. The van der Waals surface area contributed by atoms with E-state index in [1.165, 1.54) is 19.6 Å². The summed E-state index contributed by atoms with van der Waals surface area (Å²) in [6, 6.07) is 0. The zero-order chi connectivity index (χ0) is 30.7. The molecule has 0 saturated carbocycles. The minimum absolute atomic E-state index is 0.0227. The van der Waals surface area contributed by atoms with Crippen molar-refractivity contribution >= 4 is 23.6 Å². The van der Waals surface area contributed by atoms with E-state index in [-0.39, 0.29) is 23.5 Å². The zero-order valence-electron chi connectivity index (χ0n) is 25.9. The van der Waals surface area contributed by atoms with Gasteiger partial charge in [0.15, 0.2) is 0 Å². The number of Topliss-reactive ketones (excluding diaryl/α,β-unsaturated/α-hetero) is 1. The quantitative estimate of drug-likeness (QED) is 0.223. The second-order valence-electron chi connectivity index (χ2n) is 10.3. The number of rotatable bonds is 8. The fourth-order valence-electron chi connectivity index (χ4n) is 4.62. The van der Waals surface area contributed by atoms with E-state index in [1.54, 1.807) is 32.9 Å². The van der Waals surface area contributed by atoms with Gasteiger partial charge in [-0.05, 0) is 44.1 Å². The lowest BCUT2D eigenvalue weighted by atomic mass is 9.87.